The van der Waals surface area contributed by atoms with Gasteiger partial charge in [0, 0.05) is 22.3 Å². The number of benzene rings is 4. The van der Waals surface area contributed by atoms with Crippen molar-refractivity contribution in [2.45, 2.75) is 27.7 Å². The molecule has 0 aliphatic carbocycles. The van der Waals surface area contributed by atoms with E-state index in [-0.39, 0.29) is 0 Å². The first-order valence-corrected chi connectivity index (χ1v) is 10.8. The molecule has 0 heteroatoms. The van der Waals surface area contributed by atoms with Crippen LogP contribution in [-0.4, -0.2) is 0 Å². The van der Waals surface area contributed by atoms with Crippen LogP contribution in [0, 0.1) is 51.4 Å². The van der Waals surface area contributed by atoms with Gasteiger partial charge < -0.3 is 0 Å². The molecule has 4 aromatic rings. The van der Waals surface area contributed by atoms with Crippen molar-refractivity contribution in [3.8, 4) is 23.7 Å². The van der Waals surface area contributed by atoms with Crippen molar-refractivity contribution in [2.24, 2.45) is 0 Å². The van der Waals surface area contributed by atoms with Crippen LogP contribution in [0.2, 0.25) is 0 Å². The third kappa shape index (κ3) is 7.68. The summed E-state index contributed by atoms with van der Waals surface area (Å²) in [4.78, 5) is 0. The van der Waals surface area contributed by atoms with Gasteiger partial charge in [-0.05, 0) is 76.2 Å². The van der Waals surface area contributed by atoms with E-state index in [9.17, 15) is 0 Å². The van der Waals surface area contributed by atoms with Crippen molar-refractivity contribution >= 4 is 0 Å². The standard InChI is InChI=1S/2C16H14/c2*1-13-3-7-15(8-4-13)11-12-16-9-5-14(2)6-10-16/h2*3-10H,1-2H3. The van der Waals surface area contributed by atoms with Gasteiger partial charge >= 0.3 is 0 Å². The Morgan fingerprint density at radius 2 is 0.438 bits per heavy atom. The summed E-state index contributed by atoms with van der Waals surface area (Å²) in [5.41, 5.74) is 9.30. The van der Waals surface area contributed by atoms with E-state index in [4.69, 9.17) is 0 Å². The van der Waals surface area contributed by atoms with Crippen LogP contribution in [0.5, 0.6) is 0 Å². The fourth-order valence-electron chi connectivity index (χ4n) is 2.84. The molecule has 32 heavy (non-hydrogen) atoms. The van der Waals surface area contributed by atoms with Crippen LogP contribution in [-0.2, 0) is 0 Å². The van der Waals surface area contributed by atoms with Gasteiger partial charge in [-0.2, -0.15) is 0 Å². The summed E-state index contributed by atoms with van der Waals surface area (Å²) in [5, 5.41) is 0. The highest BCUT2D eigenvalue weighted by Crippen LogP contribution is 2.05. The Labute approximate surface area is 193 Å². The molecule has 0 bridgehead atoms. The zero-order valence-corrected chi connectivity index (χ0v) is 19.2. The summed E-state index contributed by atoms with van der Waals surface area (Å²) in [6.45, 7) is 8.32. The first-order valence-electron chi connectivity index (χ1n) is 10.8. The molecule has 0 aliphatic rings. The molecule has 4 rings (SSSR count). The lowest BCUT2D eigenvalue weighted by atomic mass is 10.1. The van der Waals surface area contributed by atoms with Crippen LogP contribution in [0.3, 0.4) is 0 Å². The van der Waals surface area contributed by atoms with E-state index in [1.807, 2.05) is 0 Å². The Morgan fingerprint density at radius 3 is 0.594 bits per heavy atom. The molecule has 0 aromatic heterocycles. The van der Waals surface area contributed by atoms with Crippen LogP contribution >= 0.6 is 0 Å². The average Bonchev–Trinajstić information content (AvgIpc) is 2.81. The summed E-state index contributed by atoms with van der Waals surface area (Å²) < 4.78 is 0. The van der Waals surface area contributed by atoms with E-state index >= 15 is 0 Å². The molecule has 156 valence electrons. The maximum absolute atomic E-state index is 3.16. The van der Waals surface area contributed by atoms with Crippen molar-refractivity contribution < 1.29 is 0 Å². The minimum Gasteiger partial charge on any atom is -0.0617 e. The molecule has 0 N–H and O–H groups in total. The quantitative estimate of drug-likeness (QED) is 0.264. The molecular formula is C32H28. The highest BCUT2D eigenvalue weighted by Gasteiger charge is 1.89. The van der Waals surface area contributed by atoms with Gasteiger partial charge in [0.05, 0.1) is 0 Å². The fraction of sp³-hybridized carbons (Fsp3) is 0.125. The lowest BCUT2D eigenvalue weighted by Gasteiger charge is -1.93. The Kier molecular flexibility index (Phi) is 8.09. The van der Waals surface area contributed by atoms with Crippen molar-refractivity contribution in [1.29, 1.82) is 0 Å². The largest absolute Gasteiger partial charge is 0.0617 e. The molecule has 0 amide bonds. The predicted molar refractivity (Wildman–Crippen MR) is 137 cm³/mol. The van der Waals surface area contributed by atoms with Crippen LogP contribution in [0.1, 0.15) is 44.5 Å². The Balaban J connectivity index is 0.000000181. The summed E-state index contributed by atoms with van der Waals surface area (Å²) in [6, 6.07) is 33.1. The van der Waals surface area contributed by atoms with Gasteiger partial charge in [-0.15, -0.1) is 0 Å². The second-order valence-electron chi connectivity index (χ2n) is 7.96. The highest BCUT2D eigenvalue weighted by molar-refractivity contribution is 5.45. The van der Waals surface area contributed by atoms with Gasteiger partial charge in [-0.1, -0.05) is 94.5 Å². The molecule has 4 aromatic carbocycles. The maximum Gasteiger partial charge on any atom is 0.0249 e. The van der Waals surface area contributed by atoms with Crippen molar-refractivity contribution in [1.82, 2.24) is 0 Å². The zero-order chi connectivity index (χ0) is 22.8. The average molecular weight is 413 g/mol. The van der Waals surface area contributed by atoms with E-state index in [0.29, 0.717) is 0 Å². The first kappa shape index (κ1) is 22.7. The molecule has 0 unspecified atom stereocenters. The number of aryl methyl sites for hydroxylation is 4. The Morgan fingerprint density at radius 1 is 0.281 bits per heavy atom. The molecule has 0 nitrogen and oxygen atoms in total. The summed E-state index contributed by atoms with van der Waals surface area (Å²) >= 11 is 0. The van der Waals surface area contributed by atoms with Gasteiger partial charge in [-0.25, -0.2) is 0 Å². The lowest BCUT2D eigenvalue weighted by Crippen LogP contribution is -1.77. The molecule has 0 saturated carbocycles. The van der Waals surface area contributed by atoms with E-state index in [1.165, 1.54) is 22.3 Å². The Hall–Kier alpha value is -4.00. The van der Waals surface area contributed by atoms with Gasteiger partial charge in [0.1, 0.15) is 0 Å². The fourth-order valence-corrected chi connectivity index (χ4v) is 2.84. The zero-order valence-electron chi connectivity index (χ0n) is 19.2. The van der Waals surface area contributed by atoms with Gasteiger partial charge in [-0.3, -0.25) is 0 Å². The molecular weight excluding hydrogens is 384 g/mol. The number of hydrogen-bond donors (Lipinski definition) is 0. The van der Waals surface area contributed by atoms with Crippen LogP contribution in [0.4, 0.5) is 0 Å². The summed E-state index contributed by atoms with van der Waals surface area (Å²) in [5.74, 6) is 12.6. The van der Waals surface area contributed by atoms with E-state index in [1.54, 1.807) is 0 Å². The van der Waals surface area contributed by atoms with Crippen LogP contribution < -0.4 is 0 Å². The van der Waals surface area contributed by atoms with Crippen LogP contribution in [0.15, 0.2) is 97.1 Å². The molecule has 0 spiro atoms. The van der Waals surface area contributed by atoms with E-state index in [0.717, 1.165) is 22.3 Å². The Bertz CT molecular complexity index is 1040. The molecule has 0 fully saturated rings. The van der Waals surface area contributed by atoms with Crippen molar-refractivity contribution in [3.05, 3.63) is 142 Å². The number of rotatable bonds is 0. The van der Waals surface area contributed by atoms with Gasteiger partial charge in [0.15, 0.2) is 0 Å². The van der Waals surface area contributed by atoms with Crippen LogP contribution in [0.25, 0.3) is 0 Å². The van der Waals surface area contributed by atoms with Crippen molar-refractivity contribution in [2.75, 3.05) is 0 Å². The minimum absolute atomic E-state index is 1.06. The molecule has 0 aliphatic heterocycles. The number of hydrogen-bond acceptors (Lipinski definition) is 0. The van der Waals surface area contributed by atoms with E-state index < -0.39 is 0 Å². The molecule has 0 radical (unpaired) electrons. The molecule has 0 atom stereocenters. The first-order chi connectivity index (χ1) is 15.5. The molecule has 0 heterocycles. The van der Waals surface area contributed by atoms with Gasteiger partial charge in [0.25, 0.3) is 0 Å². The molecule has 0 saturated heterocycles. The van der Waals surface area contributed by atoms with Crippen molar-refractivity contribution in [3.63, 3.8) is 0 Å². The SMILES string of the molecule is Cc1ccc(C#Cc2ccc(C)cc2)cc1.Cc1ccc(C#Cc2ccc(C)cc2)cc1. The summed E-state index contributed by atoms with van der Waals surface area (Å²) in [7, 11) is 0. The lowest BCUT2D eigenvalue weighted by molar-refractivity contribution is 1.45. The minimum atomic E-state index is 1.06. The van der Waals surface area contributed by atoms with E-state index in [2.05, 4.69) is 148 Å². The highest BCUT2D eigenvalue weighted by atomic mass is 13.9. The second-order valence-corrected chi connectivity index (χ2v) is 7.96. The third-order valence-corrected chi connectivity index (χ3v) is 4.91. The predicted octanol–water partition coefficient (Wildman–Crippen LogP) is 7.41. The smallest absolute Gasteiger partial charge is 0.0249 e. The second kappa shape index (κ2) is 11.4. The topological polar surface area (TPSA) is 0 Å². The summed E-state index contributed by atoms with van der Waals surface area (Å²) in [6.07, 6.45) is 0. The van der Waals surface area contributed by atoms with Gasteiger partial charge in [0.2, 0.25) is 0 Å². The maximum atomic E-state index is 3.16. The monoisotopic (exact) mass is 412 g/mol. The third-order valence-electron chi connectivity index (χ3n) is 4.91. The normalized spacial score (nSPS) is 9.38.